The van der Waals surface area contributed by atoms with Crippen LogP contribution in [0.4, 0.5) is 0 Å². The predicted octanol–water partition coefficient (Wildman–Crippen LogP) is 1.15. The lowest BCUT2D eigenvalue weighted by Gasteiger charge is -2.34. The molecule has 1 heterocycles. The number of hydrogen-bond donors (Lipinski definition) is 1. The summed E-state index contributed by atoms with van der Waals surface area (Å²) in [5.74, 6) is -0.872. The van der Waals surface area contributed by atoms with E-state index in [0.717, 1.165) is 45.9 Å². The highest BCUT2D eigenvalue weighted by molar-refractivity contribution is 5.87. The fourth-order valence-corrected chi connectivity index (χ4v) is 2.40. The van der Waals surface area contributed by atoms with Gasteiger partial charge in [-0.2, -0.15) is 0 Å². The van der Waals surface area contributed by atoms with Crippen LogP contribution in [0.2, 0.25) is 0 Å². The summed E-state index contributed by atoms with van der Waals surface area (Å²) in [6.45, 7) is 6.90. The smallest absolute Gasteiger partial charge is 0.335 e. The van der Waals surface area contributed by atoms with Gasteiger partial charge in [0.05, 0.1) is 12.2 Å². The molecule has 5 nitrogen and oxygen atoms in total. The van der Waals surface area contributed by atoms with Crippen molar-refractivity contribution in [1.29, 1.82) is 0 Å². The van der Waals surface area contributed by atoms with Gasteiger partial charge in [0.25, 0.3) is 0 Å². The molecule has 2 rings (SSSR count). The van der Waals surface area contributed by atoms with Crippen LogP contribution in [0, 0.1) is 0 Å². The maximum absolute atomic E-state index is 10.8. The highest BCUT2D eigenvalue weighted by Crippen LogP contribution is 2.10. The van der Waals surface area contributed by atoms with E-state index in [0.29, 0.717) is 5.56 Å². The van der Waals surface area contributed by atoms with Crippen LogP contribution in [0.25, 0.3) is 0 Å². The Labute approximate surface area is 119 Å². The Morgan fingerprint density at radius 1 is 1.15 bits per heavy atom. The maximum Gasteiger partial charge on any atom is 0.335 e. The number of aromatic carboxylic acids is 1. The van der Waals surface area contributed by atoms with E-state index < -0.39 is 5.97 Å². The maximum atomic E-state index is 10.8. The minimum absolute atomic E-state index is 0.345. The van der Waals surface area contributed by atoms with E-state index in [1.165, 1.54) is 5.56 Å². The third-order valence-electron chi connectivity index (χ3n) is 3.68. The Morgan fingerprint density at radius 3 is 2.30 bits per heavy atom. The van der Waals surface area contributed by atoms with Crippen LogP contribution in [0.15, 0.2) is 24.3 Å². The molecular weight excluding hydrogens is 256 g/mol. The van der Waals surface area contributed by atoms with Crippen molar-refractivity contribution < 1.29 is 14.6 Å². The number of nitrogens with zero attached hydrogens (tertiary/aromatic N) is 2. The molecule has 1 N–H and O–H groups in total. The summed E-state index contributed by atoms with van der Waals surface area (Å²) < 4.78 is 5.09. The monoisotopic (exact) mass is 278 g/mol. The third kappa shape index (κ3) is 4.30. The minimum atomic E-state index is -0.872. The standard InChI is InChI=1S/C15H22N2O3/c1-20-11-10-16-6-8-17(9-7-16)12-13-2-4-14(5-3-13)15(18)19/h2-5H,6-12H2,1H3,(H,18,19). The molecule has 0 aromatic heterocycles. The Kier molecular flexibility index (Phi) is 5.52. The summed E-state index contributed by atoms with van der Waals surface area (Å²) in [5, 5.41) is 8.87. The molecule has 1 aliphatic rings. The van der Waals surface area contributed by atoms with Gasteiger partial charge in [-0.15, -0.1) is 0 Å². The number of hydrogen-bond acceptors (Lipinski definition) is 4. The first-order valence-corrected chi connectivity index (χ1v) is 6.95. The highest BCUT2D eigenvalue weighted by atomic mass is 16.5. The summed E-state index contributed by atoms with van der Waals surface area (Å²) in [7, 11) is 1.73. The normalized spacial score (nSPS) is 17.2. The lowest BCUT2D eigenvalue weighted by molar-refractivity contribution is 0.0697. The summed E-state index contributed by atoms with van der Waals surface area (Å²) in [5.41, 5.74) is 1.51. The molecule has 0 spiro atoms. The lowest BCUT2D eigenvalue weighted by atomic mass is 10.1. The van der Waals surface area contributed by atoms with Gasteiger partial charge in [-0.05, 0) is 17.7 Å². The van der Waals surface area contributed by atoms with E-state index in [1.54, 1.807) is 19.2 Å². The van der Waals surface area contributed by atoms with Gasteiger partial charge in [0.15, 0.2) is 0 Å². The van der Waals surface area contributed by atoms with Crippen LogP contribution in [-0.2, 0) is 11.3 Å². The zero-order valence-corrected chi connectivity index (χ0v) is 11.9. The number of methoxy groups -OCH3 is 1. The number of carboxylic acids is 1. The van der Waals surface area contributed by atoms with Crippen molar-refractivity contribution >= 4 is 5.97 Å². The molecule has 0 amide bonds. The molecule has 1 saturated heterocycles. The number of piperazine rings is 1. The van der Waals surface area contributed by atoms with Crippen molar-refractivity contribution in [2.45, 2.75) is 6.54 Å². The van der Waals surface area contributed by atoms with Gasteiger partial charge in [-0.25, -0.2) is 4.79 Å². The number of carboxylic acid groups (broad SMARTS) is 1. The number of benzene rings is 1. The molecule has 110 valence electrons. The first-order valence-electron chi connectivity index (χ1n) is 6.95. The fourth-order valence-electron chi connectivity index (χ4n) is 2.40. The Morgan fingerprint density at radius 2 is 1.75 bits per heavy atom. The van der Waals surface area contributed by atoms with Gasteiger partial charge in [-0.3, -0.25) is 9.80 Å². The molecule has 1 aliphatic heterocycles. The second-order valence-electron chi connectivity index (χ2n) is 5.11. The van der Waals surface area contributed by atoms with Crippen molar-refractivity contribution in [2.24, 2.45) is 0 Å². The fraction of sp³-hybridized carbons (Fsp3) is 0.533. The van der Waals surface area contributed by atoms with Crippen LogP contribution < -0.4 is 0 Å². The topological polar surface area (TPSA) is 53.0 Å². The van der Waals surface area contributed by atoms with E-state index in [9.17, 15) is 4.79 Å². The predicted molar refractivity (Wildman–Crippen MR) is 77.0 cm³/mol. The van der Waals surface area contributed by atoms with Crippen molar-refractivity contribution in [1.82, 2.24) is 9.80 Å². The number of ether oxygens (including phenoxy) is 1. The van der Waals surface area contributed by atoms with E-state index in [1.807, 2.05) is 12.1 Å². The molecule has 0 aliphatic carbocycles. The van der Waals surface area contributed by atoms with Gasteiger partial charge in [0.1, 0.15) is 0 Å². The molecule has 0 bridgehead atoms. The third-order valence-corrected chi connectivity index (χ3v) is 3.68. The molecule has 1 aromatic rings. The molecule has 0 unspecified atom stereocenters. The van der Waals surface area contributed by atoms with E-state index in [-0.39, 0.29) is 0 Å². The SMILES string of the molecule is COCCN1CCN(Cc2ccc(C(=O)O)cc2)CC1. The second-order valence-corrected chi connectivity index (χ2v) is 5.11. The first kappa shape index (κ1) is 15.0. The zero-order valence-electron chi connectivity index (χ0n) is 11.9. The Bertz CT molecular complexity index is 425. The molecule has 0 saturated carbocycles. The largest absolute Gasteiger partial charge is 0.478 e. The molecule has 0 radical (unpaired) electrons. The van der Waals surface area contributed by atoms with Gasteiger partial charge in [0.2, 0.25) is 0 Å². The minimum Gasteiger partial charge on any atom is -0.478 e. The van der Waals surface area contributed by atoms with Crippen LogP contribution in [0.1, 0.15) is 15.9 Å². The van der Waals surface area contributed by atoms with Gasteiger partial charge in [0, 0.05) is 46.4 Å². The van der Waals surface area contributed by atoms with Gasteiger partial charge < -0.3 is 9.84 Å². The van der Waals surface area contributed by atoms with E-state index in [2.05, 4.69) is 9.80 Å². The van der Waals surface area contributed by atoms with Crippen LogP contribution in [0.5, 0.6) is 0 Å². The lowest BCUT2D eigenvalue weighted by Crippen LogP contribution is -2.46. The van der Waals surface area contributed by atoms with E-state index >= 15 is 0 Å². The molecular formula is C15H22N2O3. The average Bonchev–Trinajstić information content (AvgIpc) is 2.47. The molecule has 1 fully saturated rings. The highest BCUT2D eigenvalue weighted by Gasteiger charge is 2.16. The average molecular weight is 278 g/mol. The van der Waals surface area contributed by atoms with Crippen LogP contribution in [0.3, 0.4) is 0 Å². The van der Waals surface area contributed by atoms with Crippen molar-refractivity contribution in [3.05, 3.63) is 35.4 Å². The second kappa shape index (κ2) is 7.38. The number of rotatable bonds is 6. The van der Waals surface area contributed by atoms with Crippen molar-refractivity contribution in [3.8, 4) is 0 Å². The first-order chi connectivity index (χ1) is 9.69. The van der Waals surface area contributed by atoms with Crippen molar-refractivity contribution in [2.75, 3.05) is 46.4 Å². The van der Waals surface area contributed by atoms with Crippen LogP contribution in [-0.4, -0.2) is 67.3 Å². The summed E-state index contributed by atoms with van der Waals surface area (Å²) in [6, 6.07) is 7.15. The summed E-state index contributed by atoms with van der Waals surface area (Å²) in [4.78, 5) is 15.6. The Hall–Kier alpha value is -1.43. The number of carbonyl (C=O) groups is 1. The summed E-state index contributed by atoms with van der Waals surface area (Å²) >= 11 is 0. The van der Waals surface area contributed by atoms with Gasteiger partial charge >= 0.3 is 5.97 Å². The van der Waals surface area contributed by atoms with Gasteiger partial charge in [-0.1, -0.05) is 12.1 Å². The van der Waals surface area contributed by atoms with Crippen LogP contribution >= 0.6 is 0 Å². The Balaban J connectivity index is 1.79. The molecule has 20 heavy (non-hydrogen) atoms. The van der Waals surface area contributed by atoms with Crippen molar-refractivity contribution in [3.63, 3.8) is 0 Å². The quantitative estimate of drug-likeness (QED) is 0.846. The summed E-state index contributed by atoms with van der Waals surface area (Å²) in [6.07, 6.45) is 0. The molecule has 1 aromatic carbocycles. The molecule has 0 atom stereocenters. The van der Waals surface area contributed by atoms with E-state index in [4.69, 9.17) is 9.84 Å². The zero-order chi connectivity index (χ0) is 14.4. The molecule has 5 heteroatoms.